The molecule has 15 rings (SSSR count). The quantitative estimate of drug-likeness (QED) is 0.163. The molecule has 0 fully saturated rings. The summed E-state index contributed by atoms with van der Waals surface area (Å²) in [5.74, 6) is 0.207. The molecule has 3 aliphatic carbocycles. The third-order valence-corrected chi connectivity index (χ3v) is 18.5. The fourth-order valence-corrected chi connectivity index (χ4v) is 15.7. The molecule has 6 aliphatic rings. The topological polar surface area (TPSA) is 6.48 Å². The predicted molar refractivity (Wildman–Crippen MR) is 287 cm³/mol. The lowest BCUT2D eigenvalue weighted by molar-refractivity contribution is 0.684. The molecule has 0 N–H and O–H groups in total. The van der Waals surface area contributed by atoms with E-state index in [1.54, 1.807) is 0 Å². The maximum Gasteiger partial charge on any atom is 0.251 e. The van der Waals surface area contributed by atoms with Crippen LogP contribution in [0, 0.1) is 0 Å². The molecule has 3 aliphatic heterocycles. The molecule has 4 heterocycles. The van der Waals surface area contributed by atoms with E-state index in [9.17, 15) is 0 Å². The summed E-state index contributed by atoms with van der Waals surface area (Å²) in [5, 5.41) is 3.05. The van der Waals surface area contributed by atoms with Crippen LogP contribution in [0.2, 0.25) is 0 Å². The van der Waals surface area contributed by atoms with Gasteiger partial charge >= 0.3 is 0 Å². The van der Waals surface area contributed by atoms with E-state index in [0.29, 0.717) is 5.25 Å². The van der Waals surface area contributed by atoms with Crippen LogP contribution in [-0.2, 0) is 25.7 Å². The first kappa shape index (κ1) is 38.6. The number of aryl methyl sites for hydroxylation is 2. The summed E-state index contributed by atoms with van der Waals surface area (Å²) in [6.07, 6.45) is 14.5. The van der Waals surface area contributed by atoms with Crippen molar-refractivity contribution in [3.8, 4) is 22.3 Å². The third-order valence-electron chi connectivity index (χ3n) is 16.0. The van der Waals surface area contributed by atoms with Crippen molar-refractivity contribution < 1.29 is 0 Å². The van der Waals surface area contributed by atoms with E-state index in [1.165, 1.54) is 151 Å². The van der Waals surface area contributed by atoms with Gasteiger partial charge < -0.3 is 9.80 Å². The van der Waals surface area contributed by atoms with Gasteiger partial charge in [-0.15, -0.1) is 23.1 Å². The number of benzene rings is 8. The summed E-state index contributed by atoms with van der Waals surface area (Å²) >= 11 is 4.00. The summed E-state index contributed by atoms with van der Waals surface area (Å²) < 4.78 is 2.70. The molecule has 8 aromatic carbocycles. The molecule has 2 nitrogen and oxygen atoms in total. The van der Waals surface area contributed by atoms with Gasteiger partial charge in [0.2, 0.25) is 0 Å². The Balaban J connectivity index is 1.11. The van der Waals surface area contributed by atoms with Crippen molar-refractivity contribution in [1.82, 2.24) is 0 Å². The van der Waals surface area contributed by atoms with Crippen molar-refractivity contribution in [2.75, 3.05) is 9.80 Å². The summed E-state index contributed by atoms with van der Waals surface area (Å²) in [6.45, 7) is 0.0427. The number of anilines is 5. The Kier molecular flexibility index (Phi) is 8.63. The van der Waals surface area contributed by atoms with Crippen LogP contribution in [0.4, 0.5) is 28.4 Å². The van der Waals surface area contributed by atoms with Crippen LogP contribution in [-0.4, -0.2) is 12.0 Å². The van der Waals surface area contributed by atoms with Crippen LogP contribution < -0.4 is 20.7 Å². The second-order valence-electron chi connectivity index (χ2n) is 19.4. The molecule has 0 bridgehead atoms. The number of nitrogens with zero attached hydrogens (tertiary/aromatic N) is 2. The highest BCUT2D eigenvalue weighted by molar-refractivity contribution is 8.00. The van der Waals surface area contributed by atoms with Crippen molar-refractivity contribution in [2.45, 2.75) is 67.4 Å². The molecule has 2 unspecified atom stereocenters. The van der Waals surface area contributed by atoms with Crippen LogP contribution in [0.3, 0.4) is 0 Å². The molecule has 0 saturated heterocycles. The van der Waals surface area contributed by atoms with E-state index >= 15 is 0 Å². The smallest absolute Gasteiger partial charge is 0.251 e. The van der Waals surface area contributed by atoms with Gasteiger partial charge in [0.05, 0.1) is 17.1 Å². The number of allylic oxidation sites excluding steroid dienone is 3. The summed E-state index contributed by atoms with van der Waals surface area (Å²) in [4.78, 5) is 7.07. The third kappa shape index (κ3) is 5.59. The summed E-state index contributed by atoms with van der Waals surface area (Å²) in [6, 6.07) is 63.2. The Morgan fingerprint density at radius 1 is 0.507 bits per heavy atom. The highest BCUT2D eigenvalue weighted by atomic mass is 32.2. The van der Waals surface area contributed by atoms with E-state index in [1.807, 2.05) is 11.3 Å². The van der Waals surface area contributed by atoms with Crippen LogP contribution in [0.25, 0.3) is 42.4 Å². The fourth-order valence-electron chi connectivity index (χ4n) is 13.2. The minimum Gasteiger partial charge on any atom is -0.314 e. The van der Waals surface area contributed by atoms with Crippen molar-refractivity contribution in [2.24, 2.45) is 0 Å². The van der Waals surface area contributed by atoms with Crippen molar-refractivity contribution in [3.63, 3.8) is 0 Å². The van der Waals surface area contributed by atoms with Gasteiger partial charge in [0.15, 0.2) is 0 Å². The molecule has 0 radical (unpaired) electrons. The first-order valence-corrected chi connectivity index (χ1v) is 26.2. The second kappa shape index (κ2) is 15.0. The zero-order valence-corrected chi connectivity index (χ0v) is 39.0. The van der Waals surface area contributed by atoms with Gasteiger partial charge in [-0.1, -0.05) is 146 Å². The lowest BCUT2D eigenvalue weighted by Crippen LogP contribution is -2.57. The molecule has 0 amide bonds. The van der Waals surface area contributed by atoms with Gasteiger partial charge in [0, 0.05) is 64.4 Å². The number of thioether (sulfide) groups is 1. The van der Waals surface area contributed by atoms with Crippen LogP contribution in [0.15, 0.2) is 192 Å². The average Bonchev–Trinajstić information content (AvgIpc) is 3.98. The van der Waals surface area contributed by atoms with E-state index in [-0.39, 0.29) is 12.6 Å². The largest absolute Gasteiger partial charge is 0.314 e. The van der Waals surface area contributed by atoms with Gasteiger partial charge in [0.1, 0.15) is 0 Å². The number of hydrogen-bond acceptors (Lipinski definition) is 4. The highest BCUT2D eigenvalue weighted by Crippen LogP contribution is 2.60. The minimum absolute atomic E-state index is 0.0427. The van der Waals surface area contributed by atoms with E-state index in [4.69, 9.17) is 0 Å². The van der Waals surface area contributed by atoms with E-state index in [2.05, 4.69) is 198 Å². The number of thiophene rings is 1. The monoisotopic (exact) mass is 894 g/mol. The Hall–Kier alpha value is -6.53. The Morgan fingerprint density at radius 3 is 1.87 bits per heavy atom. The molecule has 0 spiro atoms. The standard InChI is InChI=1S/C62H47BN2S2/c1-3-16-38(17-4-1)44-32-30-40-20-7-9-22-42(40)59(44)64-50-26-15-27-51-58(50)63(48-34-36-54-56(61(48)64)46-24-11-13-28-52(46)66-54)49-35-37-55-57(47-25-12-14-29-53(47)67-55)62(49)65(51)60-43-23-10-8-21-41(43)31-33-45(60)39-18-5-2-6-19-39/h1-6,11-19,24-37,54,56H,7-10,20-23H2. The SMILES string of the molecule is C1=CC2Sc3ccccc3C2C2=C1B1c3ccc4sc5ccccc5c4c3N(c3c(-c4ccccc4)ccc4c3CCCC4)c3cccc(c31)N2c1c(-c2ccccc2)ccc2c1CCCC2. The summed E-state index contributed by atoms with van der Waals surface area (Å²) in [5.41, 5.74) is 25.3. The molecular weight excluding hydrogens is 848 g/mol. The Bertz CT molecular complexity index is 3600. The maximum absolute atomic E-state index is 2.85. The highest BCUT2D eigenvalue weighted by Gasteiger charge is 2.51. The zero-order chi connectivity index (χ0) is 43.7. The molecule has 2 atom stereocenters. The molecule has 1 aromatic heterocycles. The average molecular weight is 895 g/mol. The number of fused-ring (bicyclic) bond motifs is 13. The Labute approximate surface area is 401 Å². The molecule has 67 heavy (non-hydrogen) atoms. The lowest BCUT2D eigenvalue weighted by atomic mass is 9.32. The van der Waals surface area contributed by atoms with Crippen LogP contribution in [0.5, 0.6) is 0 Å². The van der Waals surface area contributed by atoms with E-state index < -0.39 is 0 Å². The molecule has 9 aromatic rings. The van der Waals surface area contributed by atoms with Crippen LogP contribution in [0.1, 0.15) is 59.4 Å². The summed E-state index contributed by atoms with van der Waals surface area (Å²) in [7, 11) is 0. The Morgan fingerprint density at radius 2 is 1.13 bits per heavy atom. The first-order chi connectivity index (χ1) is 33.3. The normalized spacial score (nSPS) is 18.6. The number of rotatable bonds is 4. The minimum atomic E-state index is 0.0427. The fraction of sp³-hybridized carbons (Fsp3) is 0.161. The van der Waals surface area contributed by atoms with Crippen molar-refractivity contribution in [3.05, 3.63) is 215 Å². The molecule has 5 heteroatoms. The van der Waals surface area contributed by atoms with Gasteiger partial charge in [-0.25, -0.2) is 0 Å². The van der Waals surface area contributed by atoms with Crippen molar-refractivity contribution in [1.29, 1.82) is 0 Å². The van der Waals surface area contributed by atoms with Crippen molar-refractivity contribution >= 4 is 89.3 Å². The lowest BCUT2D eigenvalue weighted by Gasteiger charge is -2.49. The van der Waals surface area contributed by atoms with Gasteiger partial charge in [-0.05, 0) is 137 Å². The van der Waals surface area contributed by atoms with Crippen LogP contribution >= 0.6 is 23.1 Å². The maximum atomic E-state index is 2.85. The predicted octanol–water partition coefficient (Wildman–Crippen LogP) is 15.3. The van der Waals surface area contributed by atoms with Gasteiger partial charge in [0.25, 0.3) is 6.71 Å². The first-order valence-electron chi connectivity index (χ1n) is 24.5. The second-order valence-corrected chi connectivity index (χ2v) is 21.7. The zero-order valence-electron chi connectivity index (χ0n) is 37.3. The molecule has 320 valence electrons. The molecule has 0 saturated carbocycles. The number of hydrogen-bond donors (Lipinski definition) is 0. The van der Waals surface area contributed by atoms with E-state index in [0.717, 1.165) is 25.7 Å². The molecular formula is C62H47BN2S2. The van der Waals surface area contributed by atoms with Gasteiger partial charge in [-0.2, -0.15) is 0 Å². The van der Waals surface area contributed by atoms with Gasteiger partial charge in [-0.3, -0.25) is 0 Å².